The second-order valence-corrected chi connectivity index (χ2v) is 3.82. The molecule has 16 heavy (non-hydrogen) atoms. The van der Waals surface area contributed by atoms with Crippen molar-refractivity contribution in [3.05, 3.63) is 35.3 Å². The molecule has 1 heterocycles. The van der Waals surface area contributed by atoms with Gasteiger partial charge in [-0.15, -0.1) is 0 Å². The maximum absolute atomic E-state index is 13.1. The molecule has 1 N–H and O–H groups in total. The molecule has 0 aliphatic rings. The van der Waals surface area contributed by atoms with E-state index in [1.807, 2.05) is 14.0 Å². The van der Waals surface area contributed by atoms with Crippen LogP contribution in [0.25, 0.3) is 10.9 Å². The van der Waals surface area contributed by atoms with Crippen LogP contribution >= 0.6 is 0 Å². The van der Waals surface area contributed by atoms with Gasteiger partial charge in [0.05, 0.1) is 5.52 Å². The van der Waals surface area contributed by atoms with E-state index in [1.54, 1.807) is 6.07 Å². The molecule has 0 spiro atoms. The second-order valence-electron chi connectivity index (χ2n) is 3.82. The lowest BCUT2D eigenvalue weighted by Crippen LogP contribution is -2.01. The number of pyridine rings is 1. The van der Waals surface area contributed by atoms with Crippen molar-refractivity contribution in [3.8, 4) is 0 Å². The fraction of sp³-hybridized carbons (Fsp3) is 0.308. The minimum Gasteiger partial charge on any atom is -0.387 e. The number of nitrogens with one attached hydrogen (secondary N) is 1. The zero-order valence-corrected chi connectivity index (χ0v) is 9.76. The smallest absolute Gasteiger partial charge is 0.125 e. The van der Waals surface area contributed by atoms with Crippen molar-refractivity contribution >= 4 is 16.6 Å². The first kappa shape index (κ1) is 10.9. The molecule has 0 saturated heterocycles. The van der Waals surface area contributed by atoms with Gasteiger partial charge in [-0.1, -0.05) is 6.92 Å². The highest BCUT2D eigenvalue weighted by atomic mass is 19.1. The summed E-state index contributed by atoms with van der Waals surface area (Å²) < 4.78 is 13.1. The zero-order chi connectivity index (χ0) is 11.7. The third kappa shape index (κ3) is 1.62. The number of aryl methyl sites for hydroxylation is 1. The molecular weight excluding hydrogens is 203 g/mol. The molecule has 0 unspecified atom stereocenters. The molecule has 84 valence electrons. The molecule has 0 radical (unpaired) electrons. The van der Waals surface area contributed by atoms with E-state index in [0.29, 0.717) is 5.52 Å². The van der Waals surface area contributed by atoms with Gasteiger partial charge in [-0.25, -0.2) is 4.39 Å². The lowest BCUT2D eigenvalue weighted by molar-refractivity contribution is 0.629. The van der Waals surface area contributed by atoms with Crippen LogP contribution in [0, 0.1) is 12.7 Å². The summed E-state index contributed by atoms with van der Waals surface area (Å²) in [6, 6.07) is 4.73. The van der Waals surface area contributed by atoms with Crippen LogP contribution in [-0.2, 0) is 6.42 Å². The van der Waals surface area contributed by atoms with Gasteiger partial charge < -0.3 is 5.32 Å². The largest absolute Gasteiger partial charge is 0.387 e. The molecular formula is C13H15FN2. The van der Waals surface area contributed by atoms with E-state index < -0.39 is 0 Å². The van der Waals surface area contributed by atoms with E-state index in [9.17, 15) is 4.39 Å². The molecule has 0 amide bonds. The summed E-state index contributed by atoms with van der Waals surface area (Å²) in [7, 11) is 1.89. The molecule has 0 saturated carbocycles. The minimum absolute atomic E-state index is 0.245. The summed E-state index contributed by atoms with van der Waals surface area (Å²) in [5.41, 5.74) is 3.93. The van der Waals surface area contributed by atoms with Crippen LogP contribution in [0.15, 0.2) is 18.2 Å². The van der Waals surface area contributed by atoms with Crippen LogP contribution in [0.1, 0.15) is 18.2 Å². The molecule has 0 fully saturated rings. The Hall–Kier alpha value is -1.64. The molecule has 0 aliphatic carbocycles. The first-order chi connectivity index (χ1) is 7.67. The van der Waals surface area contributed by atoms with Crippen LogP contribution in [0.5, 0.6) is 0 Å². The van der Waals surface area contributed by atoms with E-state index >= 15 is 0 Å². The number of benzene rings is 1. The van der Waals surface area contributed by atoms with Crippen LogP contribution in [0.2, 0.25) is 0 Å². The molecule has 2 rings (SSSR count). The molecule has 0 atom stereocenters. The first-order valence-electron chi connectivity index (χ1n) is 5.43. The fourth-order valence-corrected chi connectivity index (χ4v) is 2.12. The van der Waals surface area contributed by atoms with Crippen LogP contribution in [-0.4, -0.2) is 12.0 Å². The van der Waals surface area contributed by atoms with E-state index in [0.717, 1.165) is 23.2 Å². The Morgan fingerprint density at radius 2 is 2.12 bits per heavy atom. The number of fused-ring (bicyclic) bond motifs is 1. The number of rotatable bonds is 2. The maximum Gasteiger partial charge on any atom is 0.125 e. The highest BCUT2D eigenvalue weighted by molar-refractivity contribution is 5.93. The molecule has 1 aromatic heterocycles. The van der Waals surface area contributed by atoms with Crippen molar-refractivity contribution in [1.82, 2.24) is 4.98 Å². The average Bonchev–Trinajstić information content (AvgIpc) is 2.26. The fourth-order valence-electron chi connectivity index (χ4n) is 2.12. The predicted molar refractivity (Wildman–Crippen MR) is 65.4 cm³/mol. The van der Waals surface area contributed by atoms with Crippen LogP contribution in [0.3, 0.4) is 0 Å². The quantitative estimate of drug-likeness (QED) is 0.836. The Balaban J connectivity index is 2.84. The Bertz CT molecular complexity index is 535. The summed E-state index contributed by atoms with van der Waals surface area (Å²) in [5.74, 6) is -0.245. The summed E-state index contributed by atoms with van der Waals surface area (Å²) in [6.07, 6.45) is 0.919. The average molecular weight is 218 g/mol. The van der Waals surface area contributed by atoms with Gasteiger partial charge in [0.1, 0.15) is 5.82 Å². The summed E-state index contributed by atoms with van der Waals surface area (Å²) in [5, 5.41) is 4.17. The summed E-state index contributed by atoms with van der Waals surface area (Å²) in [4.78, 5) is 4.44. The van der Waals surface area contributed by atoms with Crippen molar-refractivity contribution in [2.45, 2.75) is 20.3 Å². The highest BCUT2D eigenvalue weighted by Crippen LogP contribution is 2.28. The number of hydrogen-bond acceptors (Lipinski definition) is 2. The van der Waals surface area contributed by atoms with Crippen molar-refractivity contribution in [1.29, 1.82) is 0 Å². The van der Waals surface area contributed by atoms with Crippen molar-refractivity contribution < 1.29 is 4.39 Å². The first-order valence-corrected chi connectivity index (χ1v) is 5.43. The Labute approximate surface area is 94.5 Å². The van der Waals surface area contributed by atoms with E-state index in [4.69, 9.17) is 0 Å². The van der Waals surface area contributed by atoms with Gasteiger partial charge in [-0.05, 0) is 31.0 Å². The van der Waals surface area contributed by atoms with Gasteiger partial charge in [0.2, 0.25) is 0 Å². The van der Waals surface area contributed by atoms with E-state index in [2.05, 4.69) is 17.2 Å². The van der Waals surface area contributed by atoms with Crippen molar-refractivity contribution in [2.24, 2.45) is 0 Å². The lowest BCUT2D eigenvalue weighted by Gasteiger charge is -2.13. The number of anilines is 1. The predicted octanol–water partition coefficient (Wildman–Crippen LogP) is 3.29. The molecule has 2 aromatic rings. The molecule has 2 nitrogen and oxygen atoms in total. The topological polar surface area (TPSA) is 24.9 Å². The standard InChI is InChI=1S/C13H15FN2/c1-4-10-8(2)16-12-7-9(14)5-6-11(12)13(10)15-3/h5-7H,4H2,1-3H3,(H,15,16). The van der Waals surface area contributed by atoms with Gasteiger partial charge in [0.15, 0.2) is 0 Å². The zero-order valence-electron chi connectivity index (χ0n) is 9.76. The third-order valence-electron chi connectivity index (χ3n) is 2.86. The Morgan fingerprint density at radius 3 is 2.75 bits per heavy atom. The summed E-state index contributed by atoms with van der Waals surface area (Å²) >= 11 is 0. The van der Waals surface area contributed by atoms with Crippen LogP contribution < -0.4 is 5.32 Å². The van der Waals surface area contributed by atoms with Crippen molar-refractivity contribution in [3.63, 3.8) is 0 Å². The maximum atomic E-state index is 13.1. The molecule has 1 aromatic carbocycles. The Morgan fingerprint density at radius 1 is 1.38 bits per heavy atom. The number of halogens is 1. The van der Waals surface area contributed by atoms with E-state index in [1.165, 1.54) is 17.7 Å². The normalized spacial score (nSPS) is 10.8. The number of nitrogens with zero attached hydrogens (tertiary/aromatic N) is 1. The molecule has 3 heteroatoms. The molecule has 0 aliphatic heterocycles. The highest BCUT2D eigenvalue weighted by Gasteiger charge is 2.10. The van der Waals surface area contributed by atoms with Crippen molar-refractivity contribution in [2.75, 3.05) is 12.4 Å². The third-order valence-corrected chi connectivity index (χ3v) is 2.86. The monoisotopic (exact) mass is 218 g/mol. The molecule has 0 bridgehead atoms. The number of hydrogen-bond donors (Lipinski definition) is 1. The van der Waals surface area contributed by atoms with Gasteiger partial charge in [-0.2, -0.15) is 0 Å². The van der Waals surface area contributed by atoms with Gasteiger partial charge in [0.25, 0.3) is 0 Å². The van der Waals surface area contributed by atoms with Crippen LogP contribution in [0.4, 0.5) is 10.1 Å². The lowest BCUT2D eigenvalue weighted by atomic mass is 10.0. The second kappa shape index (κ2) is 4.08. The van der Waals surface area contributed by atoms with Gasteiger partial charge in [0, 0.05) is 29.9 Å². The van der Waals surface area contributed by atoms with E-state index in [-0.39, 0.29) is 5.82 Å². The van der Waals surface area contributed by atoms with Gasteiger partial charge >= 0.3 is 0 Å². The van der Waals surface area contributed by atoms with Gasteiger partial charge in [-0.3, -0.25) is 4.98 Å². The number of aromatic nitrogens is 1. The Kier molecular flexibility index (Phi) is 2.77. The minimum atomic E-state index is -0.245. The SMILES string of the molecule is CCc1c(C)nc2cc(F)ccc2c1NC. The summed E-state index contributed by atoms with van der Waals surface area (Å²) in [6.45, 7) is 4.06.